The molecular formula is C19H28ClN. The minimum Gasteiger partial charge on any atom is -0.314 e. The summed E-state index contributed by atoms with van der Waals surface area (Å²) in [6.07, 6.45) is 9.67. The average molecular weight is 306 g/mol. The number of nitrogens with one attached hydrogen (secondary N) is 1. The first kappa shape index (κ1) is 15.4. The largest absolute Gasteiger partial charge is 0.314 e. The summed E-state index contributed by atoms with van der Waals surface area (Å²) in [5.74, 6) is 2.61. The third-order valence-electron chi connectivity index (χ3n) is 5.72. The van der Waals surface area contributed by atoms with Crippen LogP contribution in [-0.4, -0.2) is 12.6 Å². The third-order valence-corrected chi connectivity index (χ3v) is 6.07. The van der Waals surface area contributed by atoms with E-state index in [1.165, 1.54) is 57.1 Å². The monoisotopic (exact) mass is 305 g/mol. The standard InChI is InChI=1S/C19H28ClN/c1-2-14-7-9-15(10-8-14)13-21-17-11-16(12-17)18-5-3-4-6-19(18)20/h3-6,14-17,21H,2,7-13H2,1H3. The van der Waals surface area contributed by atoms with Crippen LogP contribution >= 0.6 is 11.6 Å². The Balaban J connectivity index is 1.37. The van der Waals surface area contributed by atoms with Crippen molar-refractivity contribution in [2.75, 3.05) is 6.54 Å². The smallest absolute Gasteiger partial charge is 0.0440 e. The van der Waals surface area contributed by atoms with Crippen molar-refractivity contribution >= 4 is 11.6 Å². The highest BCUT2D eigenvalue weighted by molar-refractivity contribution is 6.31. The second-order valence-corrected chi connectivity index (χ2v) is 7.50. The van der Waals surface area contributed by atoms with Crippen LogP contribution in [0, 0.1) is 11.8 Å². The fourth-order valence-corrected chi connectivity index (χ4v) is 4.31. The first-order valence-electron chi connectivity index (χ1n) is 8.74. The molecule has 0 amide bonds. The van der Waals surface area contributed by atoms with Crippen molar-refractivity contribution in [3.63, 3.8) is 0 Å². The van der Waals surface area contributed by atoms with Gasteiger partial charge in [0.2, 0.25) is 0 Å². The molecule has 2 fully saturated rings. The second-order valence-electron chi connectivity index (χ2n) is 7.09. The van der Waals surface area contributed by atoms with Crippen LogP contribution in [0.2, 0.25) is 5.02 Å². The fourth-order valence-electron chi connectivity index (χ4n) is 4.02. The van der Waals surface area contributed by atoms with E-state index < -0.39 is 0 Å². The van der Waals surface area contributed by atoms with Gasteiger partial charge < -0.3 is 5.32 Å². The Bertz CT molecular complexity index is 445. The zero-order valence-corrected chi connectivity index (χ0v) is 13.9. The lowest BCUT2D eigenvalue weighted by molar-refractivity contribution is 0.228. The molecule has 0 bridgehead atoms. The van der Waals surface area contributed by atoms with Crippen LogP contribution in [0.25, 0.3) is 0 Å². The Kier molecular flexibility index (Phi) is 5.24. The highest BCUT2D eigenvalue weighted by Crippen LogP contribution is 2.40. The third kappa shape index (κ3) is 3.81. The zero-order chi connectivity index (χ0) is 14.7. The quantitative estimate of drug-likeness (QED) is 0.769. The van der Waals surface area contributed by atoms with Gasteiger partial charge in [-0.15, -0.1) is 0 Å². The van der Waals surface area contributed by atoms with E-state index in [0.717, 1.165) is 22.9 Å². The summed E-state index contributed by atoms with van der Waals surface area (Å²) in [4.78, 5) is 0. The van der Waals surface area contributed by atoms with Crippen LogP contribution < -0.4 is 5.32 Å². The number of halogens is 1. The number of hydrogen-bond donors (Lipinski definition) is 1. The molecule has 1 aromatic rings. The molecule has 0 radical (unpaired) electrons. The Morgan fingerprint density at radius 1 is 1.05 bits per heavy atom. The minimum absolute atomic E-state index is 0.673. The van der Waals surface area contributed by atoms with Gasteiger partial charge in [0.25, 0.3) is 0 Å². The van der Waals surface area contributed by atoms with Crippen molar-refractivity contribution < 1.29 is 0 Å². The van der Waals surface area contributed by atoms with Crippen molar-refractivity contribution in [1.82, 2.24) is 5.32 Å². The van der Waals surface area contributed by atoms with E-state index in [4.69, 9.17) is 11.6 Å². The second kappa shape index (κ2) is 7.15. The molecule has 0 spiro atoms. The van der Waals surface area contributed by atoms with Gasteiger partial charge in [0, 0.05) is 11.1 Å². The van der Waals surface area contributed by atoms with Crippen LogP contribution in [0.3, 0.4) is 0 Å². The Hall–Kier alpha value is -0.530. The van der Waals surface area contributed by atoms with Gasteiger partial charge in [-0.1, -0.05) is 56.0 Å². The van der Waals surface area contributed by atoms with Crippen molar-refractivity contribution in [3.05, 3.63) is 34.9 Å². The molecule has 0 saturated heterocycles. The molecule has 21 heavy (non-hydrogen) atoms. The van der Waals surface area contributed by atoms with E-state index in [0.29, 0.717) is 5.92 Å². The molecule has 2 aliphatic carbocycles. The van der Waals surface area contributed by atoms with E-state index in [-0.39, 0.29) is 0 Å². The van der Waals surface area contributed by atoms with Gasteiger partial charge in [0.1, 0.15) is 0 Å². The lowest BCUT2D eigenvalue weighted by Crippen LogP contribution is -2.42. The molecule has 116 valence electrons. The molecule has 0 aromatic heterocycles. The summed E-state index contributed by atoms with van der Waals surface area (Å²) in [7, 11) is 0. The molecule has 2 heteroatoms. The maximum Gasteiger partial charge on any atom is 0.0440 e. The van der Waals surface area contributed by atoms with Gasteiger partial charge >= 0.3 is 0 Å². The van der Waals surface area contributed by atoms with Gasteiger partial charge in [-0.2, -0.15) is 0 Å². The van der Waals surface area contributed by atoms with E-state index in [2.05, 4.69) is 24.4 Å². The zero-order valence-electron chi connectivity index (χ0n) is 13.2. The maximum absolute atomic E-state index is 6.29. The van der Waals surface area contributed by atoms with Crippen LogP contribution in [0.15, 0.2) is 24.3 Å². The molecule has 1 aromatic carbocycles. The Morgan fingerprint density at radius 2 is 1.71 bits per heavy atom. The van der Waals surface area contributed by atoms with E-state index in [1.54, 1.807) is 0 Å². The summed E-state index contributed by atoms with van der Waals surface area (Å²) in [5, 5.41) is 4.74. The van der Waals surface area contributed by atoms with Crippen LogP contribution in [0.1, 0.15) is 63.4 Å². The molecule has 0 unspecified atom stereocenters. The number of hydrogen-bond acceptors (Lipinski definition) is 1. The molecule has 3 rings (SSSR count). The van der Waals surface area contributed by atoms with Gasteiger partial charge in [-0.3, -0.25) is 0 Å². The molecule has 1 nitrogen and oxygen atoms in total. The van der Waals surface area contributed by atoms with E-state index >= 15 is 0 Å². The molecule has 1 N–H and O–H groups in total. The Labute approximate surface area is 134 Å². The minimum atomic E-state index is 0.673. The van der Waals surface area contributed by atoms with Crippen LogP contribution in [0.5, 0.6) is 0 Å². The molecule has 0 atom stereocenters. The van der Waals surface area contributed by atoms with Crippen LogP contribution in [-0.2, 0) is 0 Å². The van der Waals surface area contributed by atoms with E-state index in [9.17, 15) is 0 Å². The van der Waals surface area contributed by atoms with Gasteiger partial charge in [-0.25, -0.2) is 0 Å². The van der Waals surface area contributed by atoms with Crippen molar-refractivity contribution in [3.8, 4) is 0 Å². The van der Waals surface area contributed by atoms with E-state index in [1.807, 2.05) is 12.1 Å². The van der Waals surface area contributed by atoms with Crippen molar-refractivity contribution in [2.45, 2.75) is 63.8 Å². The number of benzene rings is 1. The summed E-state index contributed by atoms with van der Waals surface area (Å²) < 4.78 is 0. The lowest BCUT2D eigenvalue weighted by atomic mass is 9.75. The topological polar surface area (TPSA) is 12.0 Å². The number of rotatable bonds is 5. The predicted molar refractivity (Wildman–Crippen MR) is 91.0 cm³/mol. The first-order valence-corrected chi connectivity index (χ1v) is 9.11. The highest BCUT2D eigenvalue weighted by Gasteiger charge is 2.31. The fraction of sp³-hybridized carbons (Fsp3) is 0.684. The molecular weight excluding hydrogens is 278 g/mol. The summed E-state index contributed by atoms with van der Waals surface area (Å²) >= 11 is 6.29. The molecule has 2 saturated carbocycles. The highest BCUT2D eigenvalue weighted by atomic mass is 35.5. The first-order chi connectivity index (χ1) is 10.3. The lowest BCUT2D eigenvalue weighted by Gasteiger charge is -2.38. The van der Waals surface area contributed by atoms with Crippen molar-refractivity contribution in [2.24, 2.45) is 11.8 Å². The molecule has 2 aliphatic rings. The van der Waals surface area contributed by atoms with Crippen molar-refractivity contribution in [1.29, 1.82) is 0 Å². The van der Waals surface area contributed by atoms with Gasteiger partial charge in [0.05, 0.1) is 0 Å². The normalized spacial score (nSPS) is 32.7. The average Bonchev–Trinajstić information content (AvgIpc) is 2.48. The van der Waals surface area contributed by atoms with Gasteiger partial charge in [0.15, 0.2) is 0 Å². The SMILES string of the molecule is CCC1CCC(CNC2CC(c3ccccc3Cl)C2)CC1. The maximum atomic E-state index is 6.29. The molecule has 0 heterocycles. The summed E-state index contributed by atoms with van der Waals surface area (Å²) in [6.45, 7) is 3.57. The predicted octanol–water partition coefficient (Wildman–Crippen LogP) is 5.39. The summed E-state index contributed by atoms with van der Waals surface area (Å²) in [5.41, 5.74) is 1.35. The van der Waals surface area contributed by atoms with Gasteiger partial charge in [-0.05, 0) is 61.6 Å². The summed E-state index contributed by atoms with van der Waals surface area (Å²) in [6, 6.07) is 9.05. The van der Waals surface area contributed by atoms with Crippen LogP contribution in [0.4, 0.5) is 0 Å². The molecule has 0 aliphatic heterocycles. The Morgan fingerprint density at radius 3 is 2.38 bits per heavy atom.